The molecule has 1 saturated carbocycles. The van der Waals surface area contributed by atoms with Crippen LogP contribution in [0.25, 0.3) is 0 Å². The summed E-state index contributed by atoms with van der Waals surface area (Å²) in [6, 6.07) is 4.05. The molecule has 0 radical (unpaired) electrons. The van der Waals surface area contributed by atoms with Crippen molar-refractivity contribution >= 4 is 11.6 Å². The highest BCUT2D eigenvalue weighted by molar-refractivity contribution is 5.94. The molecule has 1 aromatic rings. The van der Waals surface area contributed by atoms with Gasteiger partial charge >= 0.3 is 0 Å². The minimum absolute atomic E-state index is 0.0313. The lowest BCUT2D eigenvalue weighted by atomic mass is 10.1. The van der Waals surface area contributed by atoms with Crippen LogP contribution in [0.1, 0.15) is 31.2 Å². The van der Waals surface area contributed by atoms with Gasteiger partial charge in [0, 0.05) is 5.92 Å². The van der Waals surface area contributed by atoms with E-state index in [-0.39, 0.29) is 18.4 Å². The van der Waals surface area contributed by atoms with E-state index < -0.39 is 5.82 Å². The molecule has 0 aliphatic heterocycles. The second-order valence-electron chi connectivity index (χ2n) is 4.62. The summed E-state index contributed by atoms with van der Waals surface area (Å²) in [5, 5.41) is 11.5. The summed E-state index contributed by atoms with van der Waals surface area (Å²) in [6.07, 6.45) is 3.98. The summed E-state index contributed by atoms with van der Waals surface area (Å²) in [5.74, 6) is 4.71. The van der Waals surface area contributed by atoms with Crippen LogP contribution in [0.5, 0.6) is 0 Å². The number of hydrogen-bond donors (Lipinski definition) is 2. The minimum Gasteiger partial charge on any atom is -0.384 e. The van der Waals surface area contributed by atoms with Crippen LogP contribution in [-0.4, -0.2) is 17.6 Å². The fourth-order valence-corrected chi connectivity index (χ4v) is 2.29. The standard InChI is InChI=1S/C15H16FNO2/c16-13-7-8-14(12(10-13)6-3-9-18)17-15(19)11-4-1-2-5-11/h7-8,10-11,18H,1-2,4-5,9H2,(H,17,19). The van der Waals surface area contributed by atoms with Gasteiger partial charge in [-0.25, -0.2) is 4.39 Å². The molecule has 1 amide bonds. The number of rotatable bonds is 2. The number of carbonyl (C=O) groups excluding carboxylic acids is 1. The van der Waals surface area contributed by atoms with Crippen LogP contribution in [0.15, 0.2) is 18.2 Å². The number of hydrogen-bond acceptors (Lipinski definition) is 2. The smallest absolute Gasteiger partial charge is 0.227 e. The van der Waals surface area contributed by atoms with Crippen LogP contribution in [0.2, 0.25) is 0 Å². The predicted octanol–water partition coefficient (Wildman–Crippen LogP) is 2.30. The minimum atomic E-state index is -0.416. The van der Waals surface area contributed by atoms with Gasteiger partial charge in [0.25, 0.3) is 0 Å². The van der Waals surface area contributed by atoms with Gasteiger partial charge in [0.05, 0.1) is 11.3 Å². The van der Waals surface area contributed by atoms with Gasteiger partial charge in [0.1, 0.15) is 12.4 Å². The summed E-state index contributed by atoms with van der Waals surface area (Å²) < 4.78 is 13.2. The average Bonchev–Trinajstić information content (AvgIpc) is 2.93. The van der Waals surface area contributed by atoms with Crippen molar-refractivity contribution in [3.63, 3.8) is 0 Å². The van der Waals surface area contributed by atoms with Crippen molar-refractivity contribution in [1.29, 1.82) is 0 Å². The summed E-state index contributed by atoms with van der Waals surface area (Å²) in [5.41, 5.74) is 0.889. The molecule has 2 rings (SSSR count). The topological polar surface area (TPSA) is 49.3 Å². The van der Waals surface area contributed by atoms with E-state index in [4.69, 9.17) is 5.11 Å². The summed E-state index contributed by atoms with van der Waals surface area (Å²) in [4.78, 5) is 12.0. The van der Waals surface area contributed by atoms with E-state index in [2.05, 4.69) is 17.2 Å². The Morgan fingerprint density at radius 1 is 1.42 bits per heavy atom. The first-order chi connectivity index (χ1) is 9.20. The summed E-state index contributed by atoms with van der Waals surface area (Å²) in [6.45, 7) is -0.299. The first-order valence-corrected chi connectivity index (χ1v) is 6.41. The molecule has 2 N–H and O–H groups in total. The van der Waals surface area contributed by atoms with Gasteiger partial charge in [-0.3, -0.25) is 4.79 Å². The normalized spacial score (nSPS) is 14.8. The molecule has 1 aliphatic carbocycles. The number of nitrogens with one attached hydrogen (secondary N) is 1. The highest BCUT2D eigenvalue weighted by atomic mass is 19.1. The van der Waals surface area contributed by atoms with E-state index in [0.29, 0.717) is 11.3 Å². The van der Waals surface area contributed by atoms with Crippen LogP contribution in [0.3, 0.4) is 0 Å². The van der Waals surface area contributed by atoms with Crippen molar-refractivity contribution in [2.45, 2.75) is 25.7 Å². The number of carbonyl (C=O) groups is 1. The molecule has 1 aromatic carbocycles. The zero-order valence-corrected chi connectivity index (χ0v) is 10.6. The molecule has 3 nitrogen and oxygen atoms in total. The van der Waals surface area contributed by atoms with Crippen molar-refractivity contribution < 1.29 is 14.3 Å². The lowest BCUT2D eigenvalue weighted by Crippen LogP contribution is -2.20. The zero-order valence-electron chi connectivity index (χ0n) is 10.6. The Hall–Kier alpha value is -1.86. The number of anilines is 1. The lowest BCUT2D eigenvalue weighted by Gasteiger charge is -2.11. The first-order valence-electron chi connectivity index (χ1n) is 6.41. The Bertz CT molecular complexity index is 525. The third-order valence-electron chi connectivity index (χ3n) is 3.27. The van der Waals surface area contributed by atoms with E-state index in [0.717, 1.165) is 25.7 Å². The maximum Gasteiger partial charge on any atom is 0.227 e. The van der Waals surface area contributed by atoms with Crippen LogP contribution >= 0.6 is 0 Å². The maximum atomic E-state index is 13.2. The van der Waals surface area contributed by atoms with Crippen LogP contribution in [0, 0.1) is 23.6 Å². The largest absolute Gasteiger partial charge is 0.384 e. The lowest BCUT2D eigenvalue weighted by molar-refractivity contribution is -0.119. The predicted molar refractivity (Wildman–Crippen MR) is 71.0 cm³/mol. The molecule has 19 heavy (non-hydrogen) atoms. The molecule has 0 aromatic heterocycles. The number of amides is 1. The molecule has 0 unspecified atom stereocenters. The molecular formula is C15H16FNO2. The summed E-state index contributed by atoms with van der Waals surface area (Å²) in [7, 11) is 0. The molecular weight excluding hydrogens is 245 g/mol. The fourth-order valence-electron chi connectivity index (χ4n) is 2.29. The monoisotopic (exact) mass is 261 g/mol. The van der Waals surface area contributed by atoms with Gasteiger partial charge in [0.15, 0.2) is 0 Å². The van der Waals surface area contributed by atoms with E-state index in [9.17, 15) is 9.18 Å². The van der Waals surface area contributed by atoms with Crippen molar-refractivity contribution in [3.8, 4) is 11.8 Å². The van der Waals surface area contributed by atoms with Crippen molar-refractivity contribution in [2.75, 3.05) is 11.9 Å². The quantitative estimate of drug-likeness (QED) is 0.802. The molecule has 0 saturated heterocycles. The van der Waals surface area contributed by atoms with Gasteiger partial charge in [0.2, 0.25) is 5.91 Å². The van der Waals surface area contributed by atoms with E-state index in [1.165, 1.54) is 18.2 Å². The number of benzene rings is 1. The summed E-state index contributed by atoms with van der Waals surface area (Å²) >= 11 is 0. The SMILES string of the molecule is O=C(Nc1ccc(F)cc1C#CCO)C1CCCC1. The molecule has 0 atom stereocenters. The zero-order chi connectivity index (χ0) is 13.7. The molecule has 0 bridgehead atoms. The van der Waals surface area contributed by atoms with Crippen molar-refractivity contribution in [3.05, 3.63) is 29.6 Å². The highest BCUT2D eigenvalue weighted by Crippen LogP contribution is 2.26. The molecule has 1 fully saturated rings. The Balaban J connectivity index is 2.16. The maximum absolute atomic E-state index is 13.2. The average molecular weight is 261 g/mol. The van der Waals surface area contributed by atoms with Gasteiger partial charge in [-0.1, -0.05) is 24.7 Å². The van der Waals surface area contributed by atoms with Crippen LogP contribution in [0.4, 0.5) is 10.1 Å². The fraction of sp³-hybridized carbons (Fsp3) is 0.400. The van der Waals surface area contributed by atoms with Crippen molar-refractivity contribution in [2.24, 2.45) is 5.92 Å². The molecule has 4 heteroatoms. The van der Waals surface area contributed by atoms with Gasteiger partial charge in [-0.15, -0.1) is 0 Å². The Kier molecular flexibility index (Phi) is 4.53. The molecule has 1 aliphatic rings. The Labute approximate surface area is 111 Å². The van der Waals surface area contributed by atoms with Gasteiger partial charge in [-0.05, 0) is 31.0 Å². The molecule has 0 heterocycles. The van der Waals surface area contributed by atoms with E-state index in [1.54, 1.807) is 0 Å². The second kappa shape index (κ2) is 6.35. The van der Waals surface area contributed by atoms with Gasteiger partial charge in [-0.2, -0.15) is 0 Å². The third-order valence-corrected chi connectivity index (χ3v) is 3.27. The molecule has 0 spiro atoms. The van der Waals surface area contributed by atoms with E-state index >= 15 is 0 Å². The Morgan fingerprint density at radius 2 is 2.16 bits per heavy atom. The molecule has 100 valence electrons. The number of aliphatic hydroxyl groups is 1. The van der Waals surface area contributed by atoms with Crippen LogP contribution < -0.4 is 5.32 Å². The van der Waals surface area contributed by atoms with Crippen molar-refractivity contribution in [1.82, 2.24) is 0 Å². The number of aliphatic hydroxyl groups excluding tert-OH is 1. The van der Waals surface area contributed by atoms with E-state index in [1.807, 2.05) is 0 Å². The highest BCUT2D eigenvalue weighted by Gasteiger charge is 2.23. The van der Waals surface area contributed by atoms with Crippen LogP contribution in [-0.2, 0) is 4.79 Å². The first kappa shape index (κ1) is 13.6. The number of halogens is 1. The Morgan fingerprint density at radius 3 is 2.84 bits per heavy atom. The van der Waals surface area contributed by atoms with Gasteiger partial charge < -0.3 is 10.4 Å². The third kappa shape index (κ3) is 3.55. The second-order valence-corrected chi connectivity index (χ2v) is 4.62.